The molecule has 0 aliphatic carbocycles. The van der Waals surface area contributed by atoms with Gasteiger partial charge in [0.05, 0.1) is 5.54 Å². The molecule has 0 saturated heterocycles. The van der Waals surface area contributed by atoms with Crippen LogP contribution in [-0.4, -0.2) is 10.6 Å². The Morgan fingerprint density at radius 1 is 1.04 bits per heavy atom. The number of nitrogens with one attached hydrogen (secondary N) is 1. The highest BCUT2D eigenvalue weighted by Crippen LogP contribution is 2.48. The molecular formula is C21H23NO2. The highest BCUT2D eigenvalue weighted by atomic mass is 16.6. The Kier molecular flexibility index (Phi) is 3.10. The van der Waals surface area contributed by atoms with E-state index in [1.807, 2.05) is 6.07 Å². The van der Waals surface area contributed by atoms with Crippen molar-refractivity contribution in [3.63, 3.8) is 0 Å². The molecule has 3 heteroatoms. The summed E-state index contributed by atoms with van der Waals surface area (Å²) < 4.78 is 5.86. The summed E-state index contributed by atoms with van der Waals surface area (Å²) in [5, 5.41) is 14.2. The SMILES string of the molecule is CC1=CC(C)(C)Nc2ccc3c(c21)C(O)Oc1cc(C)c(C)cc1-3. The van der Waals surface area contributed by atoms with Gasteiger partial charge in [0.2, 0.25) is 6.29 Å². The van der Waals surface area contributed by atoms with Gasteiger partial charge in [-0.15, -0.1) is 0 Å². The van der Waals surface area contributed by atoms with Crippen LogP contribution < -0.4 is 10.1 Å². The maximum atomic E-state index is 10.7. The van der Waals surface area contributed by atoms with E-state index in [1.165, 1.54) is 16.7 Å². The largest absolute Gasteiger partial charge is 0.460 e. The molecule has 0 saturated carbocycles. The van der Waals surface area contributed by atoms with Crippen LogP contribution in [0.15, 0.2) is 30.3 Å². The van der Waals surface area contributed by atoms with Crippen LogP contribution in [0.4, 0.5) is 5.69 Å². The number of hydrogen-bond donors (Lipinski definition) is 2. The standard InChI is InChI=1S/C21H23NO2/c1-11-8-15-14-6-7-16-18(13(3)10-21(4,5)22-16)19(14)20(23)24-17(15)9-12(11)2/h6-10,20,22-23H,1-5H3. The molecule has 0 amide bonds. The summed E-state index contributed by atoms with van der Waals surface area (Å²) >= 11 is 0. The van der Waals surface area contributed by atoms with Crippen LogP contribution in [0, 0.1) is 13.8 Å². The van der Waals surface area contributed by atoms with Crippen LogP contribution >= 0.6 is 0 Å². The lowest BCUT2D eigenvalue weighted by atomic mass is 9.83. The molecule has 24 heavy (non-hydrogen) atoms. The van der Waals surface area contributed by atoms with Gasteiger partial charge in [-0.25, -0.2) is 0 Å². The van der Waals surface area contributed by atoms with E-state index in [4.69, 9.17) is 4.74 Å². The Balaban J connectivity index is 2.00. The Labute approximate surface area is 143 Å². The average molecular weight is 321 g/mol. The van der Waals surface area contributed by atoms with E-state index < -0.39 is 6.29 Å². The molecule has 0 aromatic heterocycles. The lowest BCUT2D eigenvalue weighted by molar-refractivity contribution is -0.0215. The number of aliphatic hydroxyl groups is 1. The van der Waals surface area contributed by atoms with Gasteiger partial charge in [0, 0.05) is 22.4 Å². The minimum absolute atomic E-state index is 0.0998. The number of aryl methyl sites for hydroxylation is 2. The van der Waals surface area contributed by atoms with E-state index in [9.17, 15) is 5.11 Å². The summed E-state index contributed by atoms with van der Waals surface area (Å²) in [5.74, 6) is 0.754. The molecule has 1 unspecified atom stereocenters. The molecule has 2 aliphatic heterocycles. The van der Waals surface area contributed by atoms with Crippen LogP contribution in [0.2, 0.25) is 0 Å². The number of benzene rings is 2. The third-order valence-electron chi connectivity index (χ3n) is 5.05. The second-order valence-corrected chi connectivity index (χ2v) is 7.53. The Morgan fingerprint density at radius 3 is 2.50 bits per heavy atom. The minimum Gasteiger partial charge on any atom is -0.460 e. The van der Waals surface area contributed by atoms with Crippen LogP contribution in [-0.2, 0) is 0 Å². The van der Waals surface area contributed by atoms with E-state index >= 15 is 0 Å². The van der Waals surface area contributed by atoms with Gasteiger partial charge in [-0.2, -0.15) is 0 Å². The number of hydrogen-bond acceptors (Lipinski definition) is 3. The van der Waals surface area contributed by atoms with Crippen molar-refractivity contribution >= 4 is 11.3 Å². The maximum Gasteiger partial charge on any atom is 0.225 e. The fourth-order valence-corrected chi connectivity index (χ4v) is 3.91. The van der Waals surface area contributed by atoms with Crippen molar-refractivity contribution in [2.75, 3.05) is 5.32 Å². The number of fused-ring (bicyclic) bond motifs is 5. The molecule has 2 aromatic rings. The van der Waals surface area contributed by atoms with Crippen molar-refractivity contribution in [2.45, 2.75) is 46.4 Å². The molecule has 0 fully saturated rings. The summed E-state index contributed by atoms with van der Waals surface area (Å²) in [6.07, 6.45) is 1.26. The molecule has 2 heterocycles. The normalized spacial score (nSPS) is 20.1. The van der Waals surface area contributed by atoms with Gasteiger partial charge < -0.3 is 15.2 Å². The van der Waals surface area contributed by atoms with Gasteiger partial charge in [0.15, 0.2) is 0 Å². The highest BCUT2D eigenvalue weighted by molar-refractivity contribution is 5.89. The number of rotatable bonds is 0. The number of allylic oxidation sites excluding steroid dienone is 1. The van der Waals surface area contributed by atoms with E-state index in [2.05, 4.69) is 64.2 Å². The topological polar surface area (TPSA) is 41.5 Å². The van der Waals surface area contributed by atoms with Gasteiger partial charge >= 0.3 is 0 Å². The van der Waals surface area contributed by atoms with Gasteiger partial charge in [0.1, 0.15) is 5.75 Å². The first-order chi connectivity index (χ1) is 11.3. The molecular weight excluding hydrogens is 298 g/mol. The zero-order valence-corrected chi connectivity index (χ0v) is 14.8. The smallest absolute Gasteiger partial charge is 0.225 e. The molecule has 2 aromatic carbocycles. The number of aliphatic hydroxyl groups excluding tert-OH is 1. The van der Waals surface area contributed by atoms with Gasteiger partial charge in [-0.1, -0.05) is 12.1 Å². The summed E-state index contributed by atoms with van der Waals surface area (Å²) in [5.41, 5.74) is 8.54. The minimum atomic E-state index is -0.948. The summed E-state index contributed by atoms with van der Waals surface area (Å²) in [6.45, 7) is 10.6. The molecule has 2 aliphatic rings. The van der Waals surface area contributed by atoms with Crippen molar-refractivity contribution < 1.29 is 9.84 Å². The van der Waals surface area contributed by atoms with Gasteiger partial charge in [-0.3, -0.25) is 0 Å². The lowest BCUT2D eigenvalue weighted by Gasteiger charge is -2.36. The van der Waals surface area contributed by atoms with E-state index in [0.717, 1.165) is 33.7 Å². The molecule has 4 rings (SSSR count). The molecule has 0 radical (unpaired) electrons. The third kappa shape index (κ3) is 2.15. The first kappa shape index (κ1) is 15.3. The lowest BCUT2D eigenvalue weighted by Crippen LogP contribution is -2.32. The summed E-state index contributed by atoms with van der Waals surface area (Å²) in [6, 6.07) is 8.37. The second-order valence-electron chi connectivity index (χ2n) is 7.53. The molecule has 2 N–H and O–H groups in total. The number of anilines is 1. The fraction of sp³-hybridized carbons (Fsp3) is 0.333. The van der Waals surface area contributed by atoms with Crippen LogP contribution in [0.3, 0.4) is 0 Å². The van der Waals surface area contributed by atoms with Crippen molar-refractivity contribution in [1.82, 2.24) is 0 Å². The predicted octanol–water partition coefficient (Wildman–Crippen LogP) is 4.96. The van der Waals surface area contributed by atoms with Crippen LogP contribution in [0.25, 0.3) is 16.7 Å². The fourth-order valence-electron chi connectivity index (χ4n) is 3.91. The van der Waals surface area contributed by atoms with E-state index in [0.29, 0.717) is 0 Å². The van der Waals surface area contributed by atoms with Crippen molar-refractivity contribution in [2.24, 2.45) is 0 Å². The van der Waals surface area contributed by atoms with E-state index in [-0.39, 0.29) is 5.54 Å². The molecule has 0 bridgehead atoms. The zero-order chi connectivity index (χ0) is 17.2. The average Bonchev–Trinajstić information content (AvgIpc) is 2.47. The molecule has 124 valence electrons. The van der Waals surface area contributed by atoms with Crippen LogP contribution in [0.5, 0.6) is 5.75 Å². The van der Waals surface area contributed by atoms with Gasteiger partial charge in [-0.05, 0) is 75.1 Å². The predicted molar refractivity (Wildman–Crippen MR) is 98.3 cm³/mol. The Morgan fingerprint density at radius 2 is 1.75 bits per heavy atom. The summed E-state index contributed by atoms with van der Waals surface area (Å²) in [7, 11) is 0. The Hall–Kier alpha value is -2.26. The number of ether oxygens (including phenoxy) is 1. The zero-order valence-electron chi connectivity index (χ0n) is 14.8. The molecule has 1 atom stereocenters. The van der Waals surface area contributed by atoms with Gasteiger partial charge in [0.25, 0.3) is 0 Å². The monoisotopic (exact) mass is 321 g/mol. The Bertz CT molecular complexity index is 893. The summed E-state index contributed by atoms with van der Waals surface area (Å²) in [4.78, 5) is 0. The first-order valence-electron chi connectivity index (χ1n) is 8.38. The van der Waals surface area contributed by atoms with Crippen molar-refractivity contribution in [3.8, 4) is 16.9 Å². The first-order valence-corrected chi connectivity index (χ1v) is 8.38. The quantitative estimate of drug-likeness (QED) is 0.720. The molecule has 3 nitrogen and oxygen atoms in total. The van der Waals surface area contributed by atoms with Crippen molar-refractivity contribution in [1.29, 1.82) is 0 Å². The van der Waals surface area contributed by atoms with Crippen LogP contribution in [0.1, 0.15) is 49.3 Å². The van der Waals surface area contributed by atoms with E-state index in [1.54, 1.807) is 0 Å². The highest BCUT2D eigenvalue weighted by Gasteiger charge is 2.32. The molecule has 0 spiro atoms. The maximum absolute atomic E-state index is 10.7. The second kappa shape index (κ2) is 4.87. The third-order valence-corrected chi connectivity index (χ3v) is 5.05. The van der Waals surface area contributed by atoms with Crippen molar-refractivity contribution in [3.05, 3.63) is 52.6 Å².